The zero-order valence-corrected chi connectivity index (χ0v) is 18.9. The van der Waals surface area contributed by atoms with Crippen molar-refractivity contribution in [3.63, 3.8) is 0 Å². The second kappa shape index (κ2) is 8.59. The number of benzene rings is 1. The molecule has 0 fully saturated rings. The van der Waals surface area contributed by atoms with Crippen molar-refractivity contribution in [3.05, 3.63) is 59.2 Å². The number of anilines is 2. The Morgan fingerprint density at radius 3 is 2.82 bits per heavy atom. The summed E-state index contributed by atoms with van der Waals surface area (Å²) < 4.78 is 10.9. The number of aromatic carboxylic acids is 1. The van der Waals surface area contributed by atoms with Gasteiger partial charge >= 0.3 is 5.97 Å². The summed E-state index contributed by atoms with van der Waals surface area (Å²) in [5.74, 6) is 1.37. The smallest absolute Gasteiger partial charge is 0.339 e. The van der Waals surface area contributed by atoms with Crippen LogP contribution in [0.3, 0.4) is 0 Å². The summed E-state index contributed by atoms with van der Waals surface area (Å²) in [6.45, 7) is 4.46. The minimum absolute atomic E-state index is 0.0762. The van der Waals surface area contributed by atoms with E-state index in [1.807, 2.05) is 35.7 Å². The van der Waals surface area contributed by atoms with Crippen molar-refractivity contribution >= 4 is 29.1 Å². The highest BCUT2D eigenvalue weighted by Crippen LogP contribution is 2.37. The monoisotopic (exact) mass is 462 g/mol. The average Bonchev–Trinajstić information content (AvgIpc) is 3.54. The van der Waals surface area contributed by atoms with Crippen LogP contribution in [0.15, 0.2) is 48.0 Å². The van der Waals surface area contributed by atoms with Gasteiger partial charge < -0.3 is 24.9 Å². The number of nitrogens with zero attached hydrogens (tertiary/aromatic N) is 2. The van der Waals surface area contributed by atoms with Gasteiger partial charge in [-0.15, -0.1) is 11.3 Å². The molecule has 0 saturated heterocycles. The molecule has 0 bridgehead atoms. The Hall–Kier alpha value is -3.85. The molecule has 168 valence electrons. The summed E-state index contributed by atoms with van der Waals surface area (Å²) in [6, 6.07) is 11.2. The Morgan fingerprint density at radius 1 is 1.21 bits per heavy atom. The molecule has 0 amide bonds. The maximum Gasteiger partial charge on any atom is 0.339 e. The Bertz CT molecular complexity index is 1310. The Morgan fingerprint density at radius 2 is 2.06 bits per heavy atom. The first kappa shape index (κ1) is 21.0. The third-order valence-electron chi connectivity index (χ3n) is 5.20. The zero-order valence-electron chi connectivity index (χ0n) is 18.1. The molecule has 0 atom stereocenters. The highest BCUT2D eigenvalue weighted by molar-refractivity contribution is 7.13. The number of aromatic nitrogens is 3. The molecule has 1 aliphatic rings. The SMILES string of the molecule is CC(C)Cc1[nH]c(Nc2ncc(-c3cccs3)cc2C(=O)O)nc1-c1ccc2c(c1)OCO2. The average molecular weight is 463 g/mol. The van der Waals surface area contributed by atoms with Gasteiger partial charge in [-0.05, 0) is 48.1 Å². The molecule has 33 heavy (non-hydrogen) atoms. The van der Waals surface area contributed by atoms with E-state index in [0.29, 0.717) is 23.4 Å². The number of pyridine rings is 1. The van der Waals surface area contributed by atoms with Crippen molar-refractivity contribution in [1.82, 2.24) is 15.0 Å². The van der Waals surface area contributed by atoms with Gasteiger partial charge in [0.1, 0.15) is 11.4 Å². The number of thiophene rings is 1. The van der Waals surface area contributed by atoms with Crippen LogP contribution < -0.4 is 14.8 Å². The lowest BCUT2D eigenvalue weighted by Crippen LogP contribution is -2.06. The maximum absolute atomic E-state index is 11.9. The standard InChI is InChI=1S/C24H22N4O4S/c1-13(2)8-17-21(14-5-6-18-19(10-14)32-12-31-18)27-24(26-17)28-22-16(23(29)30)9-15(11-25-22)20-4-3-7-33-20/h3-7,9-11,13H,8,12H2,1-2H3,(H,29,30)(H2,25,26,27,28). The second-order valence-corrected chi connectivity index (χ2v) is 9.05. The number of fused-ring (bicyclic) bond motifs is 1. The van der Waals surface area contributed by atoms with Crippen molar-refractivity contribution in [2.24, 2.45) is 5.92 Å². The molecule has 0 unspecified atom stereocenters. The van der Waals surface area contributed by atoms with Gasteiger partial charge in [0.05, 0.1) is 5.69 Å². The molecular formula is C24H22N4O4S. The largest absolute Gasteiger partial charge is 0.478 e. The van der Waals surface area contributed by atoms with E-state index in [1.165, 1.54) is 11.3 Å². The minimum atomic E-state index is -1.06. The summed E-state index contributed by atoms with van der Waals surface area (Å²) in [7, 11) is 0. The number of rotatable bonds is 7. The van der Waals surface area contributed by atoms with Crippen LogP contribution in [0.25, 0.3) is 21.7 Å². The molecule has 9 heteroatoms. The molecule has 4 heterocycles. The summed E-state index contributed by atoms with van der Waals surface area (Å²) in [5.41, 5.74) is 3.44. The number of hydrogen-bond donors (Lipinski definition) is 3. The molecule has 0 spiro atoms. The van der Waals surface area contributed by atoms with Crippen molar-refractivity contribution in [1.29, 1.82) is 0 Å². The molecule has 0 radical (unpaired) electrons. The lowest BCUT2D eigenvalue weighted by atomic mass is 10.0. The number of hydrogen-bond acceptors (Lipinski definition) is 7. The molecule has 3 aromatic heterocycles. The van der Waals surface area contributed by atoms with Crippen molar-refractivity contribution in [3.8, 4) is 33.2 Å². The number of nitrogens with one attached hydrogen (secondary N) is 2. The van der Waals surface area contributed by atoms with Crippen molar-refractivity contribution in [2.45, 2.75) is 20.3 Å². The molecule has 1 aromatic carbocycles. The second-order valence-electron chi connectivity index (χ2n) is 8.11. The summed E-state index contributed by atoms with van der Waals surface area (Å²) >= 11 is 1.53. The molecule has 0 aliphatic carbocycles. The molecule has 8 nitrogen and oxygen atoms in total. The van der Waals surface area contributed by atoms with Crippen LogP contribution in [0.4, 0.5) is 11.8 Å². The highest BCUT2D eigenvalue weighted by Gasteiger charge is 2.20. The van der Waals surface area contributed by atoms with E-state index in [4.69, 9.17) is 14.5 Å². The molecule has 3 N–H and O–H groups in total. The van der Waals surface area contributed by atoms with E-state index >= 15 is 0 Å². The first-order valence-electron chi connectivity index (χ1n) is 10.5. The van der Waals surface area contributed by atoms with E-state index in [-0.39, 0.29) is 18.2 Å². The van der Waals surface area contributed by atoms with Gasteiger partial charge in [-0.1, -0.05) is 19.9 Å². The van der Waals surface area contributed by atoms with E-state index in [1.54, 1.807) is 12.3 Å². The molecule has 5 rings (SSSR count). The number of carboxylic acid groups (broad SMARTS) is 1. The Kier molecular flexibility index (Phi) is 5.47. The van der Waals surface area contributed by atoms with Crippen LogP contribution in [0.1, 0.15) is 29.9 Å². The quantitative estimate of drug-likeness (QED) is 0.329. The zero-order chi connectivity index (χ0) is 22.9. The molecule has 1 aliphatic heterocycles. The number of aromatic amines is 1. The third-order valence-corrected chi connectivity index (χ3v) is 6.12. The number of carboxylic acids is 1. The van der Waals surface area contributed by atoms with Gasteiger partial charge in [0.2, 0.25) is 12.7 Å². The molecular weight excluding hydrogens is 440 g/mol. The third kappa shape index (κ3) is 4.27. The normalized spacial score (nSPS) is 12.3. The number of ether oxygens (including phenoxy) is 2. The van der Waals surface area contributed by atoms with Gasteiger partial charge in [0.25, 0.3) is 0 Å². The minimum Gasteiger partial charge on any atom is -0.478 e. The van der Waals surface area contributed by atoms with E-state index < -0.39 is 5.97 Å². The first-order chi connectivity index (χ1) is 16.0. The van der Waals surface area contributed by atoms with Gasteiger partial charge in [-0.25, -0.2) is 14.8 Å². The van der Waals surface area contributed by atoms with E-state index in [0.717, 1.165) is 33.8 Å². The van der Waals surface area contributed by atoms with Gasteiger partial charge in [-0.3, -0.25) is 0 Å². The summed E-state index contributed by atoms with van der Waals surface area (Å²) in [4.78, 5) is 25.3. The highest BCUT2D eigenvalue weighted by atomic mass is 32.1. The van der Waals surface area contributed by atoms with E-state index in [2.05, 4.69) is 29.1 Å². The van der Waals surface area contributed by atoms with Crippen LogP contribution in [0.2, 0.25) is 0 Å². The molecule has 4 aromatic rings. The maximum atomic E-state index is 11.9. The van der Waals surface area contributed by atoms with Crippen LogP contribution in [-0.4, -0.2) is 32.8 Å². The summed E-state index contributed by atoms with van der Waals surface area (Å²) in [6.07, 6.45) is 2.44. The lowest BCUT2D eigenvalue weighted by molar-refractivity contribution is 0.0697. The van der Waals surface area contributed by atoms with Gasteiger partial charge in [0.15, 0.2) is 11.5 Å². The van der Waals surface area contributed by atoms with Gasteiger partial charge in [-0.2, -0.15) is 0 Å². The van der Waals surface area contributed by atoms with Gasteiger partial charge in [0, 0.05) is 27.9 Å². The topological polar surface area (TPSA) is 109 Å². The van der Waals surface area contributed by atoms with Crippen LogP contribution in [-0.2, 0) is 6.42 Å². The number of imidazole rings is 1. The summed E-state index contributed by atoms with van der Waals surface area (Å²) in [5, 5.41) is 14.8. The van der Waals surface area contributed by atoms with Crippen LogP contribution in [0, 0.1) is 5.92 Å². The van der Waals surface area contributed by atoms with E-state index in [9.17, 15) is 9.90 Å². The van der Waals surface area contributed by atoms with Crippen LogP contribution >= 0.6 is 11.3 Å². The fraction of sp³-hybridized carbons (Fsp3) is 0.208. The lowest BCUT2D eigenvalue weighted by Gasteiger charge is -2.08. The predicted octanol–water partition coefficient (Wildman–Crippen LogP) is 5.57. The predicted molar refractivity (Wildman–Crippen MR) is 126 cm³/mol. The van der Waals surface area contributed by atoms with Crippen molar-refractivity contribution < 1.29 is 19.4 Å². The van der Waals surface area contributed by atoms with Crippen LogP contribution in [0.5, 0.6) is 11.5 Å². The Labute approximate surface area is 194 Å². The first-order valence-corrected chi connectivity index (χ1v) is 11.4. The number of carbonyl (C=O) groups is 1. The Balaban J connectivity index is 1.50. The fourth-order valence-electron chi connectivity index (χ4n) is 3.72. The molecule has 0 saturated carbocycles. The fourth-order valence-corrected chi connectivity index (χ4v) is 4.43. The van der Waals surface area contributed by atoms with Crippen molar-refractivity contribution in [2.75, 3.05) is 12.1 Å². The number of H-pyrrole nitrogens is 1.